The summed E-state index contributed by atoms with van der Waals surface area (Å²) in [6, 6.07) is 0. The lowest BCUT2D eigenvalue weighted by Crippen LogP contribution is -2.21. The Morgan fingerprint density at radius 3 is 2.10 bits per heavy atom. The average molecular weight is 423 g/mol. The fourth-order valence-electron chi connectivity index (χ4n) is 2.68. The second kappa shape index (κ2) is 19.3. The van der Waals surface area contributed by atoms with Gasteiger partial charge in [-0.1, -0.05) is 68.9 Å². The molecule has 30 heavy (non-hydrogen) atoms. The number of hydrogen-bond acceptors (Lipinski definition) is 5. The van der Waals surface area contributed by atoms with Crippen molar-refractivity contribution in [3.05, 3.63) is 48.6 Å². The quantitative estimate of drug-likeness (QED) is 0.170. The summed E-state index contributed by atoms with van der Waals surface area (Å²) in [5, 5.41) is 26.6. The van der Waals surface area contributed by atoms with Crippen molar-refractivity contribution >= 4 is 5.97 Å². The molecule has 1 unspecified atom stereocenters. The maximum atomic E-state index is 11.4. The van der Waals surface area contributed by atoms with Crippen molar-refractivity contribution in [3.63, 3.8) is 0 Å². The third-order valence-electron chi connectivity index (χ3n) is 4.51. The summed E-state index contributed by atoms with van der Waals surface area (Å²) in [4.78, 5) is 11.4. The van der Waals surface area contributed by atoms with E-state index in [1.165, 1.54) is 0 Å². The summed E-state index contributed by atoms with van der Waals surface area (Å²) in [5.74, 6) is -0.345. The first-order chi connectivity index (χ1) is 14.4. The van der Waals surface area contributed by atoms with Crippen LogP contribution in [-0.4, -0.2) is 47.2 Å². The van der Waals surface area contributed by atoms with Gasteiger partial charge in [0.1, 0.15) is 12.7 Å². The lowest BCUT2D eigenvalue weighted by atomic mass is 9.86. The predicted molar refractivity (Wildman–Crippen MR) is 123 cm³/mol. The summed E-state index contributed by atoms with van der Waals surface area (Å²) in [6.07, 6.45) is 23.9. The molecule has 3 N–H and O–H groups in total. The van der Waals surface area contributed by atoms with Gasteiger partial charge in [0.15, 0.2) is 0 Å². The van der Waals surface area contributed by atoms with Gasteiger partial charge in [0.25, 0.3) is 0 Å². The number of carbonyl (C=O) groups is 1. The average Bonchev–Trinajstić information content (AvgIpc) is 2.72. The van der Waals surface area contributed by atoms with E-state index in [1.54, 1.807) is 0 Å². The molecule has 0 aromatic rings. The Morgan fingerprint density at radius 2 is 1.50 bits per heavy atom. The number of rotatable bonds is 18. The molecule has 5 heteroatoms. The summed E-state index contributed by atoms with van der Waals surface area (Å²) in [5.41, 5.74) is 0.192. The monoisotopic (exact) mass is 422 g/mol. The van der Waals surface area contributed by atoms with Crippen molar-refractivity contribution in [2.24, 2.45) is 5.41 Å². The van der Waals surface area contributed by atoms with Crippen LogP contribution in [0.3, 0.4) is 0 Å². The summed E-state index contributed by atoms with van der Waals surface area (Å²) in [6.45, 7) is 4.20. The maximum absolute atomic E-state index is 11.4. The highest BCUT2D eigenvalue weighted by Gasteiger charge is 2.12. The number of ether oxygens (including phenoxy) is 1. The Hall–Kier alpha value is -1.69. The summed E-state index contributed by atoms with van der Waals surface area (Å²) >= 11 is 0. The van der Waals surface area contributed by atoms with Crippen LogP contribution in [0.4, 0.5) is 0 Å². The number of aliphatic hydroxyl groups excluding tert-OH is 3. The topological polar surface area (TPSA) is 87.0 Å². The number of aliphatic hydroxyl groups is 3. The number of allylic oxidation sites excluding steroid dienone is 8. The fraction of sp³-hybridized carbons (Fsp3) is 0.640. The highest BCUT2D eigenvalue weighted by molar-refractivity contribution is 5.69. The van der Waals surface area contributed by atoms with Crippen molar-refractivity contribution in [1.29, 1.82) is 0 Å². The zero-order chi connectivity index (χ0) is 22.5. The van der Waals surface area contributed by atoms with Crippen LogP contribution in [0, 0.1) is 5.41 Å². The predicted octanol–water partition coefficient (Wildman–Crippen LogP) is 4.64. The van der Waals surface area contributed by atoms with Crippen LogP contribution in [0.1, 0.15) is 71.6 Å². The van der Waals surface area contributed by atoms with Gasteiger partial charge in [0, 0.05) is 13.0 Å². The molecule has 0 amide bonds. The van der Waals surface area contributed by atoms with Crippen LogP contribution >= 0.6 is 0 Å². The van der Waals surface area contributed by atoms with Crippen LogP contribution in [0.25, 0.3) is 0 Å². The minimum absolute atomic E-state index is 0.149. The van der Waals surface area contributed by atoms with E-state index in [-0.39, 0.29) is 24.6 Å². The number of unbranched alkanes of at least 4 members (excludes halogenated alkanes) is 2. The van der Waals surface area contributed by atoms with Gasteiger partial charge >= 0.3 is 5.97 Å². The lowest BCUT2D eigenvalue weighted by Gasteiger charge is -2.19. The lowest BCUT2D eigenvalue weighted by molar-refractivity contribution is -0.147. The molecule has 0 fully saturated rings. The molecule has 0 spiro atoms. The van der Waals surface area contributed by atoms with Crippen molar-refractivity contribution in [2.45, 2.75) is 77.7 Å². The normalized spacial score (nSPS) is 13.9. The molecule has 0 saturated heterocycles. The molecule has 5 nitrogen and oxygen atoms in total. The van der Waals surface area contributed by atoms with Gasteiger partial charge in [0.2, 0.25) is 0 Å². The maximum Gasteiger partial charge on any atom is 0.305 e. The Labute approximate surface area is 182 Å². The number of hydrogen-bond donors (Lipinski definition) is 3. The minimum Gasteiger partial charge on any atom is -0.463 e. The summed E-state index contributed by atoms with van der Waals surface area (Å²) < 4.78 is 4.83. The molecular formula is C25H42O5. The van der Waals surface area contributed by atoms with Crippen molar-refractivity contribution in [3.8, 4) is 0 Å². The smallest absolute Gasteiger partial charge is 0.305 e. The highest BCUT2D eigenvalue weighted by atomic mass is 16.5. The fourth-order valence-corrected chi connectivity index (χ4v) is 2.68. The van der Waals surface area contributed by atoms with Crippen LogP contribution in [0.5, 0.6) is 0 Å². The zero-order valence-corrected chi connectivity index (χ0v) is 18.8. The SMILES string of the molecule is CC(C)(/C=C\C/C=C\C/C=C\C/C=C\CCCC(=O)OCC(O)CO)CCCCO. The number of carbonyl (C=O) groups excluding carboxylic acids is 1. The van der Waals surface area contributed by atoms with E-state index in [4.69, 9.17) is 20.1 Å². The van der Waals surface area contributed by atoms with Crippen molar-refractivity contribution in [1.82, 2.24) is 0 Å². The molecule has 1 atom stereocenters. The first-order valence-corrected chi connectivity index (χ1v) is 11.1. The van der Waals surface area contributed by atoms with Crippen molar-refractivity contribution in [2.75, 3.05) is 19.8 Å². The van der Waals surface area contributed by atoms with Gasteiger partial charge < -0.3 is 20.1 Å². The van der Waals surface area contributed by atoms with E-state index in [0.29, 0.717) is 12.8 Å². The van der Waals surface area contributed by atoms with Crippen molar-refractivity contribution < 1.29 is 24.9 Å². The second-order valence-corrected chi connectivity index (χ2v) is 8.10. The van der Waals surface area contributed by atoms with E-state index in [1.807, 2.05) is 0 Å². The van der Waals surface area contributed by atoms with Gasteiger partial charge in [-0.2, -0.15) is 0 Å². The molecule has 0 saturated carbocycles. The van der Waals surface area contributed by atoms with Crippen LogP contribution in [0.15, 0.2) is 48.6 Å². The van der Waals surface area contributed by atoms with Gasteiger partial charge in [0.05, 0.1) is 6.61 Å². The van der Waals surface area contributed by atoms with Crippen LogP contribution < -0.4 is 0 Å². The number of esters is 1. The zero-order valence-electron chi connectivity index (χ0n) is 18.8. The largest absolute Gasteiger partial charge is 0.463 e. The standard InChI is InChI=1S/C25H42O5/c1-25(2,19-15-16-20-26)18-14-12-10-8-6-4-3-5-7-9-11-13-17-24(29)30-22-23(28)21-27/h3-4,7-10,14,18,23,26-28H,5-6,11-13,15-17,19-22H2,1-2H3/b4-3-,9-7-,10-8-,18-14-. The first kappa shape index (κ1) is 28.3. The van der Waals surface area contributed by atoms with E-state index >= 15 is 0 Å². The van der Waals surface area contributed by atoms with Gasteiger partial charge in [-0.15, -0.1) is 0 Å². The van der Waals surface area contributed by atoms with E-state index in [9.17, 15) is 4.79 Å². The molecule has 0 bridgehead atoms. The Kier molecular flexibility index (Phi) is 18.2. The molecular weight excluding hydrogens is 380 g/mol. The van der Waals surface area contributed by atoms with Gasteiger partial charge in [-0.25, -0.2) is 0 Å². The molecule has 0 aromatic carbocycles. The van der Waals surface area contributed by atoms with Gasteiger partial charge in [-0.3, -0.25) is 4.79 Å². The van der Waals surface area contributed by atoms with Crippen LogP contribution in [-0.2, 0) is 9.53 Å². The third-order valence-corrected chi connectivity index (χ3v) is 4.51. The Bertz CT molecular complexity index is 532. The van der Waals surface area contributed by atoms with E-state index in [2.05, 4.69) is 62.5 Å². The molecule has 0 aliphatic rings. The Balaban J connectivity index is 3.70. The molecule has 0 heterocycles. The summed E-state index contributed by atoms with van der Waals surface area (Å²) in [7, 11) is 0. The van der Waals surface area contributed by atoms with Gasteiger partial charge in [-0.05, 0) is 50.4 Å². The third kappa shape index (κ3) is 19.6. The minimum atomic E-state index is -0.994. The molecule has 172 valence electrons. The van der Waals surface area contributed by atoms with E-state index in [0.717, 1.165) is 44.9 Å². The van der Waals surface area contributed by atoms with Crippen LogP contribution in [0.2, 0.25) is 0 Å². The molecule has 0 aliphatic carbocycles. The highest BCUT2D eigenvalue weighted by Crippen LogP contribution is 2.24. The van der Waals surface area contributed by atoms with E-state index < -0.39 is 12.7 Å². The molecule has 0 aliphatic heterocycles. The Morgan fingerprint density at radius 1 is 0.900 bits per heavy atom. The molecule has 0 rings (SSSR count). The second-order valence-electron chi connectivity index (χ2n) is 8.10. The molecule has 0 radical (unpaired) electrons. The molecule has 0 aromatic heterocycles. The first-order valence-electron chi connectivity index (χ1n) is 11.1.